The lowest BCUT2D eigenvalue weighted by molar-refractivity contribution is -0.384. The van der Waals surface area contributed by atoms with Crippen molar-refractivity contribution in [2.45, 2.75) is 6.54 Å². The fraction of sp³-hybridized carbons (Fsp3) is 0.231. The Balaban J connectivity index is 0.00000220. The minimum absolute atomic E-state index is 0. The second kappa shape index (κ2) is 8.84. The first kappa shape index (κ1) is 17.7. The largest absolute Gasteiger partial charge is 0.383 e. The standard InChI is InChI=1S/C13H14ClN3O2S.ClH/c14-12-8-10(17(18)19)3-4-13(12)16-6-5-15-9-11-2-1-7-20-11;/h1-4,7-8,15-16H,5-6,9H2;1H. The first-order valence-corrected chi connectivity index (χ1v) is 7.33. The molecular weight excluding hydrogens is 333 g/mol. The predicted molar refractivity (Wildman–Crippen MR) is 89.9 cm³/mol. The van der Waals surface area contributed by atoms with Gasteiger partial charge in [-0.25, -0.2) is 0 Å². The topological polar surface area (TPSA) is 67.2 Å². The number of nitro benzene ring substituents is 1. The van der Waals surface area contributed by atoms with Crippen LogP contribution in [0.2, 0.25) is 5.02 Å². The SMILES string of the molecule is Cl.O=[N+]([O-])c1ccc(NCCNCc2cccs2)c(Cl)c1. The predicted octanol–water partition coefficient (Wildman–Crippen LogP) is 3.93. The highest BCUT2D eigenvalue weighted by molar-refractivity contribution is 7.09. The van der Waals surface area contributed by atoms with E-state index < -0.39 is 4.92 Å². The van der Waals surface area contributed by atoms with E-state index in [0.29, 0.717) is 17.3 Å². The second-order valence-corrected chi connectivity index (χ2v) is 5.54. The van der Waals surface area contributed by atoms with Crippen LogP contribution >= 0.6 is 35.3 Å². The summed E-state index contributed by atoms with van der Waals surface area (Å²) in [5, 5.41) is 19.4. The number of non-ortho nitro benzene ring substituents is 1. The summed E-state index contributed by atoms with van der Waals surface area (Å²) < 4.78 is 0. The molecule has 0 unspecified atom stereocenters. The van der Waals surface area contributed by atoms with Crippen LogP contribution in [0.5, 0.6) is 0 Å². The minimum Gasteiger partial charge on any atom is -0.383 e. The van der Waals surface area contributed by atoms with Gasteiger partial charge in [0, 0.05) is 36.6 Å². The van der Waals surface area contributed by atoms with E-state index in [1.165, 1.54) is 17.0 Å². The summed E-state index contributed by atoms with van der Waals surface area (Å²) in [5.41, 5.74) is 0.701. The van der Waals surface area contributed by atoms with Gasteiger partial charge in [-0.05, 0) is 17.5 Å². The van der Waals surface area contributed by atoms with Crippen molar-refractivity contribution >= 4 is 46.7 Å². The van der Waals surface area contributed by atoms with E-state index >= 15 is 0 Å². The minimum atomic E-state index is -0.460. The number of hydrogen-bond acceptors (Lipinski definition) is 5. The van der Waals surface area contributed by atoms with Gasteiger partial charge in [0.2, 0.25) is 0 Å². The second-order valence-electron chi connectivity index (χ2n) is 4.10. The first-order chi connectivity index (χ1) is 9.66. The maximum Gasteiger partial charge on any atom is 0.271 e. The van der Waals surface area contributed by atoms with Gasteiger partial charge in [0.1, 0.15) is 0 Å². The van der Waals surface area contributed by atoms with E-state index in [4.69, 9.17) is 11.6 Å². The van der Waals surface area contributed by atoms with Crippen LogP contribution < -0.4 is 10.6 Å². The molecule has 2 aromatic rings. The van der Waals surface area contributed by atoms with Crippen molar-refractivity contribution in [2.24, 2.45) is 0 Å². The Kier molecular flexibility index (Phi) is 7.45. The maximum absolute atomic E-state index is 10.6. The molecule has 21 heavy (non-hydrogen) atoms. The van der Waals surface area contributed by atoms with E-state index in [0.717, 1.165) is 13.1 Å². The number of benzene rings is 1. The molecule has 0 amide bonds. The zero-order chi connectivity index (χ0) is 14.4. The normalized spacial score (nSPS) is 9.95. The number of hydrogen-bond donors (Lipinski definition) is 2. The van der Waals surface area contributed by atoms with Crippen molar-refractivity contribution in [1.82, 2.24) is 5.32 Å². The van der Waals surface area contributed by atoms with Gasteiger partial charge >= 0.3 is 0 Å². The number of nitrogens with zero attached hydrogens (tertiary/aromatic N) is 1. The molecule has 2 N–H and O–H groups in total. The maximum atomic E-state index is 10.6. The third kappa shape index (κ3) is 5.51. The Labute approximate surface area is 137 Å². The molecule has 114 valence electrons. The monoisotopic (exact) mass is 347 g/mol. The average molecular weight is 348 g/mol. The molecule has 0 bridgehead atoms. The Morgan fingerprint density at radius 1 is 1.29 bits per heavy atom. The Morgan fingerprint density at radius 2 is 2.10 bits per heavy atom. The molecule has 5 nitrogen and oxygen atoms in total. The molecule has 1 aromatic heterocycles. The van der Waals surface area contributed by atoms with E-state index in [9.17, 15) is 10.1 Å². The summed E-state index contributed by atoms with van der Waals surface area (Å²) in [6.45, 7) is 2.32. The Bertz CT molecular complexity index is 579. The summed E-state index contributed by atoms with van der Waals surface area (Å²) >= 11 is 7.70. The zero-order valence-corrected chi connectivity index (χ0v) is 13.4. The number of thiophene rings is 1. The quantitative estimate of drug-likeness (QED) is 0.452. The summed E-state index contributed by atoms with van der Waals surface area (Å²) in [5.74, 6) is 0. The van der Waals surface area contributed by atoms with Crippen LogP contribution in [0.4, 0.5) is 11.4 Å². The van der Waals surface area contributed by atoms with Crippen LogP contribution in [0.25, 0.3) is 0 Å². The first-order valence-electron chi connectivity index (χ1n) is 6.08. The molecule has 0 aliphatic heterocycles. The lowest BCUT2D eigenvalue weighted by atomic mass is 10.3. The van der Waals surface area contributed by atoms with Gasteiger partial charge < -0.3 is 10.6 Å². The molecule has 0 fully saturated rings. The number of anilines is 1. The molecule has 0 radical (unpaired) electrons. The van der Waals surface area contributed by atoms with Gasteiger partial charge in [0.25, 0.3) is 5.69 Å². The smallest absolute Gasteiger partial charge is 0.271 e. The van der Waals surface area contributed by atoms with Gasteiger partial charge in [-0.2, -0.15) is 0 Å². The highest BCUT2D eigenvalue weighted by atomic mass is 35.5. The third-order valence-electron chi connectivity index (χ3n) is 2.66. The number of nitrogens with one attached hydrogen (secondary N) is 2. The molecule has 1 aromatic carbocycles. The highest BCUT2D eigenvalue weighted by Gasteiger charge is 2.08. The van der Waals surface area contributed by atoms with E-state index in [-0.39, 0.29) is 18.1 Å². The van der Waals surface area contributed by atoms with E-state index in [1.54, 1.807) is 17.4 Å². The molecule has 0 aliphatic carbocycles. The number of rotatable bonds is 7. The van der Waals surface area contributed by atoms with Crippen LogP contribution in [0, 0.1) is 10.1 Å². The summed E-state index contributed by atoms with van der Waals surface area (Å²) in [6.07, 6.45) is 0. The van der Waals surface area contributed by atoms with Crippen LogP contribution in [0.1, 0.15) is 4.88 Å². The van der Waals surface area contributed by atoms with Gasteiger partial charge in [-0.3, -0.25) is 10.1 Å². The highest BCUT2D eigenvalue weighted by Crippen LogP contribution is 2.26. The van der Waals surface area contributed by atoms with Crippen LogP contribution in [-0.4, -0.2) is 18.0 Å². The average Bonchev–Trinajstić information content (AvgIpc) is 2.93. The molecule has 1 heterocycles. The van der Waals surface area contributed by atoms with Crippen molar-refractivity contribution < 1.29 is 4.92 Å². The third-order valence-corrected chi connectivity index (χ3v) is 3.85. The fourth-order valence-electron chi connectivity index (χ4n) is 1.67. The van der Waals surface area contributed by atoms with E-state index in [1.807, 2.05) is 11.4 Å². The number of nitro groups is 1. The lowest BCUT2D eigenvalue weighted by Gasteiger charge is -2.08. The fourth-order valence-corrected chi connectivity index (χ4v) is 2.59. The molecule has 8 heteroatoms. The van der Waals surface area contributed by atoms with Crippen LogP contribution in [0.3, 0.4) is 0 Å². The summed E-state index contributed by atoms with van der Waals surface area (Å²) in [7, 11) is 0. The number of halogens is 2. The van der Waals surface area contributed by atoms with Crippen molar-refractivity contribution in [2.75, 3.05) is 18.4 Å². The van der Waals surface area contributed by atoms with Gasteiger partial charge in [0.15, 0.2) is 0 Å². The van der Waals surface area contributed by atoms with Crippen LogP contribution in [0.15, 0.2) is 35.7 Å². The Hall–Kier alpha value is -1.34. The van der Waals surface area contributed by atoms with Crippen molar-refractivity contribution in [1.29, 1.82) is 0 Å². The molecule has 0 saturated carbocycles. The Morgan fingerprint density at radius 3 is 2.71 bits per heavy atom. The molecular formula is C13H15Cl2N3O2S. The summed E-state index contributed by atoms with van der Waals surface area (Å²) in [4.78, 5) is 11.4. The van der Waals surface area contributed by atoms with E-state index in [2.05, 4.69) is 16.7 Å². The summed E-state index contributed by atoms with van der Waals surface area (Å²) in [6, 6.07) is 8.52. The van der Waals surface area contributed by atoms with Crippen LogP contribution in [-0.2, 0) is 6.54 Å². The van der Waals surface area contributed by atoms with Crippen molar-refractivity contribution in [3.05, 3.63) is 55.7 Å². The lowest BCUT2D eigenvalue weighted by Crippen LogP contribution is -2.21. The van der Waals surface area contributed by atoms with Crippen molar-refractivity contribution in [3.63, 3.8) is 0 Å². The molecule has 0 atom stereocenters. The molecule has 0 aliphatic rings. The molecule has 0 spiro atoms. The van der Waals surface area contributed by atoms with Crippen molar-refractivity contribution in [3.8, 4) is 0 Å². The zero-order valence-electron chi connectivity index (χ0n) is 11.0. The molecule has 0 saturated heterocycles. The van der Waals surface area contributed by atoms with Gasteiger partial charge in [-0.1, -0.05) is 17.7 Å². The van der Waals surface area contributed by atoms with Gasteiger partial charge in [0.05, 0.1) is 15.6 Å². The molecule has 2 rings (SSSR count). The van der Waals surface area contributed by atoms with Gasteiger partial charge in [-0.15, -0.1) is 23.7 Å².